The van der Waals surface area contributed by atoms with Gasteiger partial charge in [-0.15, -0.1) is 0 Å². The van der Waals surface area contributed by atoms with Crippen molar-refractivity contribution in [2.75, 3.05) is 6.61 Å². The molecule has 13 nitrogen and oxygen atoms in total. The Kier molecular flexibility index (Phi) is 7.47. The summed E-state index contributed by atoms with van der Waals surface area (Å²) in [5.74, 6) is -1.02. The predicted octanol–water partition coefficient (Wildman–Crippen LogP) is -2.78. The van der Waals surface area contributed by atoms with E-state index < -0.39 is 68.8 Å². The van der Waals surface area contributed by atoms with Crippen molar-refractivity contribution in [1.82, 2.24) is 4.72 Å². The first-order valence-electron chi connectivity index (χ1n) is 6.35. The minimum Gasteiger partial charge on any atom is -0.366 e. The molecule has 24 heavy (non-hydrogen) atoms. The molecular weight excluding hydrogens is 398 g/mol. The van der Waals surface area contributed by atoms with E-state index in [2.05, 4.69) is 8.37 Å². The Morgan fingerprint density at radius 3 is 2.17 bits per heavy atom. The number of aliphatic hydroxyl groups excluding tert-OH is 1. The molecule has 1 saturated heterocycles. The summed E-state index contributed by atoms with van der Waals surface area (Å²) in [6, 6.07) is -1.60. The van der Waals surface area contributed by atoms with Gasteiger partial charge in [-0.1, -0.05) is 6.92 Å². The molecule has 16 heteroatoms. The van der Waals surface area contributed by atoms with Gasteiger partial charge < -0.3 is 9.84 Å². The van der Waals surface area contributed by atoms with Gasteiger partial charge in [0.1, 0.15) is 12.1 Å². The average Bonchev–Trinajstić information content (AvgIpc) is 2.37. The summed E-state index contributed by atoms with van der Waals surface area (Å²) in [5, 5.41) is 9.82. The first kappa shape index (κ1) is 21.6. The highest BCUT2D eigenvalue weighted by atomic mass is 32.3. The van der Waals surface area contributed by atoms with E-state index in [4.69, 9.17) is 13.8 Å². The third-order valence-corrected chi connectivity index (χ3v) is 4.62. The van der Waals surface area contributed by atoms with Gasteiger partial charge in [-0.3, -0.25) is 9.11 Å². The number of thiol groups is 1. The second kappa shape index (κ2) is 8.30. The predicted molar refractivity (Wildman–Crippen MR) is 75.8 cm³/mol. The fourth-order valence-electron chi connectivity index (χ4n) is 2.35. The van der Waals surface area contributed by atoms with Crippen LogP contribution in [-0.2, 0) is 44.8 Å². The van der Waals surface area contributed by atoms with Gasteiger partial charge >= 0.3 is 20.8 Å². The van der Waals surface area contributed by atoms with Crippen molar-refractivity contribution in [2.24, 2.45) is 5.92 Å². The molecule has 1 aliphatic heterocycles. The Hall–Kier alpha value is -0.430. The summed E-state index contributed by atoms with van der Waals surface area (Å²) in [6.45, 7) is 0.691. The molecule has 4 N–H and O–H groups in total. The fraction of sp³-hybridized carbons (Fsp3) is 1.00. The van der Waals surface area contributed by atoms with Crippen molar-refractivity contribution in [1.29, 1.82) is 0 Å². The van der Waals surface area contributed by atoms with Crippen molar-refractivity contribution >= 4 is 31.7 Å². The molecule has 0 aliphatic carbocycles. The van der Waals surface area contributed by atoms with Crippen LogP contribution in [-0.4, -0.2) is 70.6 Å². The van der Waals surface area contributed by atoms with Gasteiger partial charge in [0.05, 0.1) is 12.7 Å². The van der Waals surface area contributed by atoms with Crippen molar-refractivity contribution < 1.29 is 52.6 Å². The van der Waals surface area contributed by atoms with Gasteiger partial charge in [0.15, 0.2) is 6.29 Å². The maximum Gasteiger partial charge on any atom is 0.397 e. The van der Waals surface area contributed by atoms with Crippen LogP contribution in [0.25, 0.3) is 0 Å². The summed E-state index contributed by atoms with van der Waals surface area (Å²) in [4.78, 5) is 0. The van der Waals surface area contributed by atoms with Crippen molar-refractivity contribution in [3.05, 3.63) is 0 Å². The van der Waals surface area contributed by atoms with Gasteiger partial charge in [-0.2, -0.15) is 16.8 Å². The van der Waals surface area contributed by atoms with E-state index in [0.29, 0.717) is 0 Å². The largest absolute Gasteiger partial charge is 0.397 e. The van der Waals surface area contributed by atoms with Crippen LogP contribution in [0, 0.1) is 5.92 Å². The smallest absolute Gasteiger partial charge is 0.366 e. The zero-order valence-electron chi connectivity index (χ0n) is 12.1. The number of hydrogen-bond acceptors (Lipinski definition) is 10. The maximum atomic E-state index is 11.0. The highest BCUT2D eigenvalue weighted by molar-refractivity contribution is 7.81. The van der Waals surface area contributed by atoms with Crippen LogP contribution in [0.15, 0.2) is 0 Å². The molecule has 0 spiro atoms. The topological polar surface area (TPSA) is 203 Å². The average molecular weight is 415 g/mol. The third-order valence-electron chi connectivity index (χ3n) is 3.21. The number of aliphatic hydroxyl groups is 1. The Morgan fingerprint density at radius 1 is 1.17 bits per heavy atom. The molecular formula is C8H17NO12S3. The highest BCUT2D eigenvalue weighted by Crippen LogP contribution is 2.31. The van der Waals surface area contributed by atoms with Crippen LogP contribution in [0.1, 0.15) is 13.3 Å². The van der Waals surface area contributed by atoms with Crippen molar-refractivity contribution in [3.63, 3.8) is 0 Å². The second-order valence-electron chi connectivity index (χ2n) is 4.75. The lowest BCUT2D eigenvalue weighted by Crippen LogP contribution is -2.61. The molecule has 144 valence electrons. The molecule has 0 aromatic carbocycles. The van der Waals surface area contributed by atoms with Crippen LogP contribution in [0.4, 0.5) is 0 Å². The Labute approximate surface area is 139 Å². The minimum absolute atomic E-state index is 0.0558. The first-order chi connectivity index (χ1) is 10.8. The van der Waals surface area contributed by atoms with Gasteiger partial charge in [0.25, 0.3) is 0 Å². The van der Waals surface area contributed by atoms with Crippen LogP contribution >= 0.6 is 0 Å². The molecule has 0 radical (unpaired) electrons. The first-order valence-corrected chi connectivity index (χ1v) is 10.3. The summed E-state index contributed by atoms with van der Waals surface area (Å²) in [6.07, 6.45) is -4.81. The van der Waals surface area contributed by atoms with Gasteiger partial charge in [0.2, 0.25) is 10.9 Å². The van der Waals surface area contributed by atoms with E-state index in [1.807, 2.05) is 4.72 Å². The van der Waals surface area contributed by atoms with Crippen LogP contribution in [0.3, 0.4) is 0 Å². The van der Waals surface area contributed by atoms with Crippen molar-refractivity contribution in [3.8, 4) is 0 Å². The lowest BCUT2D eigenvalue weighted by atomic mass is 9.86. The van der Waals surface area contributed by atoms with E-state index in [1.54, 1.807) is 0 Å². The molecule has 0 aromatic rings. The summed E-state index contributed by atoms with van der Waals surface area (Å²) < 4.78 is 97.7. The van der Waals surface area contributed by atoms with E-state index in [0.717, 1.165) is 0 Å². The Bertz CT molecular complexity index is 692. The molecule has 1 heterocycles. The van der Waals surface area contributed by atoms with E-state index in [-0.39, 0.29) is 6.42 Å². The van der Waals surface area contributed by atoms with Crippen LogP contribution < -0.4 is 4.72 Å². The Morgan fingerprint density at radius 2 is 1.75 bits per heavy atom. The van der Waals surface area contributed by atoms with E-state index in [1.165, 1.54) is 6.92 Å². The summed E-state index contributed by atoms with van der Waals surface area (Å²) in [7, 11) is -13.2. The normalized spacial score (nSPS) is 32.1. The standard InChI is InChI=1S/C8H17NO12S3/c1-2-4-5(3-19-23(13,14)15)20-8(10)6(9-22(11)12)7(4)21-24(16,17)18/h4-8,10,22H,2-3H2,1H3,(H,9,11,12)(H,13,14,15)(H,16,17,18)/t4-,5?,6?,7-,8-/m1/s1. The molecule has 1 fully saturated rings. The second-order valence-corrected chi connectivity index (χ2v) is 7.66. The minimum atomic E-state index is -5.04. The quantitative estimate of drug-likeness (QED) is 0.202. The molecule has 1 rings (SSSR count). The Balaban J connectivity index is 3.12. The SMILES string of the molecule is CC[C@@H]1C(COS(=O)(=O)O)O[C@@H](O)C(N[SH](=O)=O)[C@@H]1OS(=O)(=O)O. The molecule has 0 bridgehead atoms. The highest BCUT2D eigenvalue weighted by Gasteiger charge is 2.48. The van der Waals surface area contributed by atoms with E-state index in [9.17, 15) is 30.4 Å². The number of nitrogens with one attached hydrogen (secondary N) is 1. The lowest BCUT2D eigenvalue weighted by Gasteiger charge is -2.43. The number of rotatable bonds is 8. The van der Waals surface area contributed by atoms with Gasteiger partial charge in [-0.25, -0.2) is 21.5 Å². The number of ether oxygens (including phenoxy) is 1. The fourth-order valence-corrected chi connectivity index (χ4v) is 3.71. The lowest BCUT2D eigenvalue weighted by molar-refractivity contribution is -0.229. The van der Waals surface area contributed by atoms with Crippen LogP contribution in [0.2, 0.25) is 0 Å². The monoisotopic (exact) mass is 415 g/mol. The van der Waals surface area contributed by atoms with Crippen LogP contribution in [0.5, 0.6) is 0 Å². The molecule has 2 unspecified atom stereocenters. The maximum absolute atomic E-state index is 11.0. The third kappa shape index (κ3) is 6.82. The molecule has 0 amide bonds. The molecule has 0 saturated carbocycles. The summed E-state index contributed by atoms with van der Waals surface area (Å²) >= 11 is 0. The number of hydrogen-bond donors (Lipinski definition) is 5. The summed E-state index contributed by atoms with van der Waals surface area (Å²) in [5.41, 5.74) is 0. The molecule has 0 aromatic heterocycles. The van der Waals surface area contributed by atoms with Crippen molar-refractivity contribution in [2.45, 2.75) is 37.9 Å². The zero-order chi connectivity index (χ0) is 18.7. The van der Waals surface area contributed by atoms with E-state index >= 15 is 0 Å². The molecule has 1 aliphatic rings. The molecule has 5 atom stereocenters. The zero-order valence-corrected chi connectivity index (χ0v) is 14.6. The van der Waals surface area contributed by atoms with Gasteiger partial charge in [-0.05, 0) is 6.42 Å². The van der Waals surface area contributed by atoms with Gasteiger partial charge in [0, 0.05) is 5.92 Å².